The maximum Gasteiger partial charge on any atom is 0.240 e. The van der Waals surface area contributed by atoms with Crippen molar-refractivity contribution < 1.29 is 27.0 Å². The first-order chi connectivity index (χ1) is 15.9. The summed E-state index contributed by atoms with van der Waals surface area (Å²) in [6.07, 6.45) is 0. The Balaban J connectivity index is 1.47. The van der Waals surface area contributed by atoms with Crippen molar-refractivity contribution >= 4 is 15.7 Å². The largest absolute Gasteiger partial charge is 0.497 e. The molecule has 0 bridgehead atoms. The molecule has 0 spiro atoms. The highest BCUT2D eigenvalue weighted by molar-refractivity contribution is 7.89. The quantitative estimate of drug-likeness (QED) is 0.368. The second-order valence-corrected chi connectivity index (χ2v) is 8.50. The van der Waals surface area contributed by atoms with E-state index in [0.717, 1.165) is 12.1 Å². The highest BCUT2D eigenvalue weighted by Gasteiger charge is 2.16. The van der Waals surface area contributed by atoms with Crippen molar-refractivity contribution in [3.05, 3.63) is 60.4 Å². The lowest BCUT2D eigenvalue weighted by atomic mass is 10.2. The average Bonchev–Trinajstić information content (AvgIpc) is 3.24. The molecule has 0 aliphatic rings. The lowest BCUT2D eigenvalue weighted by Gasteiger charge is -2.10. The van der Waals surface area contributed by atoms with Crippen LogP contribution in [0.1, 0.15) is 0 Å². The zero-order valence-corrected chi connectivity index (χ0v) is 18.5. The Labute approximate surface area is 189 Å². The van der Waals surface area contributed by atoms with E-state index >= 15 is 0 Å². The fourth-order valence-electron chi connectivity index (χ4n) is 3.03. The van der Waals surface area contributed by atoms with Gasteiger partial charge in [0.25, 0.3) is 0 Å². The van der Waals surface area contributed by atoms with Gasteiger partial charge in [-0.05, 0) is 42.5 Å². The van der Waals surface area contributed by atoms with Gasteiger partial charge in [0.2, 0.25) is 15.9 Å². The minimum Gasteiger partial charge on any atom is -0.497 e. The van der Waals surface area contributed by atoms with Crippen LogP contribution in [0.2, 0.25) is 0 Å². The SMILES string of the molecule is COc1ccc(-c2nnc3ccc(OCCNS(=O)(=O)c4ccc(F)cc4)nn23)c(OC)c1. The highest BCUT2D eigenvalue weighted by atomic mass is 32.2. The van der Waals surface area contributed by atoms with Gasteiger partial charge in [-0.25, -0.2) is 17.5 Å². The van der Waals surface area contributed by atoms with Crippen LogP contribution in [0.15, 0.2) is 59.5 Å². The predicted octanol–water partition coefficient (Wildman–Crippen LogP) is 2.30. The number of hydrogen-bond acceptors (Lipinski definition) is 8. The molecule has 0 unspecified atom stereocenters. The fourth-order valence-corrected chi connectivity index (χ4v) is 4.04. The third kappa shape index (κ3) is 4.86. The molecule has 10 nitrogen and oxygen atoms in total. The monoisotopic (exact) mass is 473 g/mol. The molecule has 0 fully saturated rings. The second-order valence-electron chi connectivity index (χ2n) is 6.73. The van der Waals surface area contributed by atoms with E-state index in [1.807, 2.05) is 0 Å². The maximum absolute atomic E-state index is 13.0. The van der Waals surface area contributed by atoms with Crippen LogP contribution in [0.25, 0.3) is 17.0 Å². The summed E-state index contributed by atoms with van der Waals surface area (Å²) in [7, 11) is -0.680. The summed E-state index contributed by atoms with van der Waals surface area (Å²) < 4.78 is 57.7. The van der Waals surface area contributed by atoms with Crippen LogP contribution in [0.5, 0.6) is 17.4 Å². The van der Waals surface area contributed by atoms with Crippen LogP contribution in [-0.4, -0.2) is 55.6 Å². The Kier molecular flexibility index (Phi) is 6.38. The first-order valence-electron chi connectivity index (χ1n) is 9.74. The molecule has 0 aliphatic heterocycles. The van der Waals surface area contributed by atoms with Gasteiger partial charge < -0.3 is 14.2 Å². The van der Waals surface area contributed by atoms with Gasteiger partial charge >= 0.3 is 0 Å². The highest BCUT2D eigenvalue weighted by Crippen LogP contribution is 2.32. The van der Waals surface area contributed by atoms with Crippen LogP contribution >= 0.6 is 0 Å². The minimum atomic E-state index is -3.78. The number of rotatable bonds is 9. The average molecular weight is 473 g/mol. The van der Waals surface area contributed by atoms with Gasteiger partial charge in [-0.2, -0.15) is 4.52 Å². The van der Waals surface area contributed by atoms with Gasteiger partial charge in [-0.3, -0.25) is 0 Å². The molecule has 0 aliphatic carbocycles. The zero-order chi connectivity index (χ0) is 23.4. The van der Waals surface area contributed by atoms with Crippen molar-refractivity contribution in [1.29, 1.82) is 0 Å². The van der Waals surface area contributed by atoms with E-state index < -0.39 is 15.8 Å². The van der Waals surface area contributed by atoms with Crippen molar-refractivity contribution in [1.82, 2.24) is 24.5 Å². The van der Waals surface area contributed by atoms with Gasteiger partial charge in [-0.1, -0.05) is 0 Å². The molecule has 2 heterocycles. The van der Waals surface area contributed by atoms with Gasteiger partial charge in [0.1, 0.15) is 23.9 Å². The number of ether oxygens (including phenoxy) is 3. The number of benzene rings is 2. The van der Waals surface area contributed by atoms with Crippen molar-refractivity contribution in [2.24, 2.45) is 0 Å². The molecular weight excluding hydrogens is 453 g/mol. The summed E-state index contributed by atoms with van der Waals surface area (Å²) in [6, 6.07) is 13.1. The van der Waals surface area contributed by atoms with E-state index in [1.54, 1.807) is 37.4 Å². The smallest absolute Gasteiger partial charge is 0.240 e. The van der Waals surface area contributed by atoms with E-state index in [0.29, 0.717) is 28.5 Å². The van der Waals surface area contributed by atoms with Gasteiger partial charge in [0.05, 0.1) is 24.7 Å². The Hall–Kier alpha value is -3.77. The normalized spacial score (nSPS) is 11.5. The first kappa shape index (κ1) is 22.4. The summed E-state index contributed by atoms with van der Waals surface area (Å²) in [6.45, 7) is 0.00299. The molecule has 4 rings (SSSR count). The van der Waals surface area contributed by atoms with E-state index in [2.05, 4.69) is 20.0 Å². The summed E-state index contributed by atoms with van der Waals surface area (Å²) in [5.41, 5.74) is 1.15. The molecule has 2 aromatic heterocycles. The molecule has 1 N–H and O–H groups in total. The lowest BCUT2D eigenvalue weighted by Crippen LogP contribution is -2.28. The Morgan fingerprint density at radius 1 is 1.00 bits per heavy atom. The first-order valence-corrected chi connectivity index (χ1v) is 11.2. The van der Waals surface area contributed by atoms with E-state index in [1.165, 1.54) is 23.8 Å². The molecular formula is C21H20FN5O5S. The molecule has 4 aromatic rings. The molecule has 0 saturated carbocycles. The third-order valence-corrected chi connectivity index (χ3v) is 6.13. The Bertz CT molecular complexity index is 1380. The maximum atomic E-state index is 13.0. The van der Waals surface area contributed by atoms with Crippen LogP contribution < -0.4 is 18.9 Å². The molecule has 12 heteroatoms. The van der Waals surface area contributed by atoms with Crippen molar-refractivity contribution in [2.45, 2.75) is 4.90 Å². The zero-order valence-electron chi connectivity index (χ0n) is 17.7. The number of aromatic nitrogens is 4. The van der Waals surface area contributed by atoms with Crippen LogP contribution in [0.4, 0.5) is 4.39 Å². The molecule has 2 aromatic carbocycles. The molecule has 0 atom stereocenters. The lowest BCUT2D eigenvalue weighted by molar-refractivity contribution is 0.306. The molecule has 0 radical (unpaired) electrons. The summed E-state index contributed by atoms with van der Waals surface area (Å²) in [5.74, 6) is 1.33. The Morgan fingerprint density at radius 2 is 1.79 bits per heavy atom. The van der Waals surface area contributed by atoms with Crippen LogP contribution in [-0.2, 0) is 10.0 Å². The molecule has 0 saturated heterocycles. The standard InChI is InChI=1S/C21H20FN5O5S/c1-30-15-5-8-17(18(13-15)31-2)21-25-24-19-9-10-20(26-27(19)21)32-12-11-23-33(28,29)16-6-3-14(22)4-7-16/h3-10,13,23H,11-12H2,1-2H3. The number of nitrogens with zero attached hydrogens (tertiary/aromatic N) is 4. The van der Waals surface area contributed by atoms with Gasteiger partial charge in [0.15, 0.2) is 11.5 Å². The number of nitrogens with one attached hydrogen (secondary N) is 1. The fraction of sp³-hybridized carbons (Fsp3) is 0.190. The van der Waals surface area contributed by atoms with Crippen LogP contribution in [0, 0.1) is 5.82 Å². The number of hydrogen-bond donors (Lipinski definition) is 1. The molecule has 0 amide bonds. The minimum absolute atomic E-state index is 0.0131. The third-order valence-electron chi connectivity index (χ3n) is 4.66. The van der Waals surface area contributed by atoms with Crippen molar-refractivity contribution in [3.8, 4) is 28.8 Å². The number of fused-ring (bicyclic) bond motifs is 1. The topological polar surface area (TPSA) is 117 Å². The number of halogens is 1. The predicted molar refractivity (Wildman–Crippen MR) is 116 cm³/mol. The number of methoxy groups -OCH3 is 2. The van der Waals surface area contributed by atoms with Crippen molar-refractivity contribution in [2.75, 3.05) is 27.4 Å². The molecule has 172 valence electrons. The van der Waals surface area contributed by atoms with E-state index in [4.69, 9.17) is 14.2 Å². The van der Waals surface area contributed by atoms with E-state index in [9.17, 15) is 12.8 Å². The summed E-state index contributed by atoms with van der Waals surface area (Å²) >= 11 is 0. The van der Waals surface area contributed by atoms with Gasteiger partial charge in [0, 0.05) is 18.7 Å². The van der Waals surface area contributed by atoms with Gasteiger partial charge in [-0.15, -0.1) is 15.3 Å². The Morgan fingerprint density at radius 3 is 2.52 bits per heavy atom. The van der Waals surface area contributed by atoms with E-state index in [-0.39, 0.29) is 23.9 Å². The second kappa shape index (κ2) is 9.38. The van der Waals surface area contributed by atoms with Crippen molar-refractivity contribution in [3.63, 3.8) is 0 Å². The summed E-state index contributed by atoms with van der Waals surface area (Å²) in [5, 5.41) is 12.7. The number of sulfonamides is 1. The van der Waals surface area contributed by atoms with Crippen LogP contribution in [0.3, 0.4) is 0 Å². The summed E-state index contributed by atoms with van der Waals surface area (Å²) in [4.78, 5) is -0.0361. The molecule has 33 heavy (non-hydrogen) atoms.